The SMILES string of the molecule is O=C(NCC1CCN(CCc2ccccc2)C1)NCC1(c2ccccc2F)CC1. The molecule has 0 spiro atoms. The molecule has 2 aliphatic rings. The van der Waals surface area contributed by atoms with Gasteiger partial charge in [-0.2, -0.15) is 0 Å². The van der Waals surface area contributed by atoms with Crippen LogP contribution in [-0.4, -0.2) is 43.7 Å². The molecule has 0 radical (unpaired) electrons. The first kappa shape index (κ1) is 19.9. The number of nitrogens with one attached hydrogen (secondary N) is 2. The molecule has 154 valence electrons. The molecule has 29 heavy (non-hydrogen) atoms. The second-order valence-electron chi connectivity index (χ2n) is 8.51. The molecule has 1 aliphatic carbocycles. The number of hydrogen-bond donors (Lipinski definition) is 2. The molecule has 2 N–H and O–H groups in total. The van der Waals surface area contributed by atoms with E-state index in [1.165, 1.54) is 11.6 Å². The van der Waals surface area contributed by atoms with Crippen LogP contribution in [0.25, 0.3) is 0 Å². The van der Waals surface area contributed by atoms with Gasteiger partial charge in [-0.15, -0.1) is 0 Å². The van der Waals surface area contributed by atoms with E-state index in [0.717, 1.165) is 50.9 Å². The fourth-order valence-electron chi connectivity index (χ4n) is 4.35. The van der Waals surface area contributed by atoms with Gasteiger partial charge in [-0.1, -0.05) is 48.5 Å². The molecule has 2 fully saturated rings. The number of carbonyl (C=O) groups is 1. The fraction of sp³-hybridized carbons (Fsp3) is 0.458. The zero-order valence-electron chi connectivity index (χ0n) is 16.9. The standard InChI is InChI=1S/C24H30FN3O/c25-22-9-5-4-8-21(22)24(12-13-24)18-27-23(29)26-16-20-11-15-28(17-20)14-10-19-6-2-1-3-7-19/h1-9,20H,10-18H2,(H2,26,27,29). The highest BCUT2D eigenvalue weighted by molar-refractivity contribution is 5.74. The van der Waals surface area contributed by atoms with Crippen molar-refractivity contribution in [2.75, 3.05) is 32.7 Å². The molecular formula is C24H30FN3O. The predicted octanol–water partition coefficient (Wildman–Crippen LogP) is 3.72. The maximum absolute atomic E-state index is 14.1. The Balaban J connectivity index is 1.16. The van der Waals surface area contributed by atoms with Gasteiger partial charge in [0.2, 0.25) is 0 Å². The van der Waals surface area contributed by atoms with Crippen LogP contribution in [0.5, 0.6) is 0 Å². The fourth-order valence-corrected chi connectivity index (χ4v) is 4.35. The zero-order valence-corrected chi connectivity index (χ0v) is 16.9. The highest BCUT2D eigenvalue weighted by atomic mass is 19.1. The van der Waals surface area contributed by atoms with Crippen LogP contribution in [0.1, 0.15) is 30.4 Å². The van der Waals surface area contributed by atoms with Crippen molar-refractivity contribution in [1.29, 1.82) is 0 Å². The molecule has 2 aromatic rings. The Morgan fingerprint density at radius 2 is 1.83 bits per heavy atom. The Bertz CT molecular complexity index is 822. The summed E-state index contributed by atoms with van der Waals surface area (Å²) in [5.74, 6) is 0.326. The number of nitrogens with zero attached hydrogens (tertiary/aromatic N) is 1. The molecule has 0 aromatic heterocycles. The molecule has 2 aromatic carbocycles. The molecular weight excluding hydrogens is 365 g/mol. The first-order valence-electron chi connectivity index (χ1n) is 10.7. The van der Waals surface area contributed by atoms with E-state index in [2.05, 4.69) is 39.8 Å². The smallest absolute Gasteiger partial charge is 0.314 e. The van der Waals surface area contributed by atoms with Crippen LogP contribution >= 0.6 is 0 Å². The van der Waals surface area contributed by atoms with Crippen LogP contribution in [-0.2, 0) is 11.8 Å². The van der Waals surface area contributed by atoms with Crippen molar-refractivity contribution in [1.82, 2.24) is 15.5 Å². The number of hydrogen-bond acceptors (Lipinski definition) is 2. The van der Waals surface area contributed by atoms with Crippen molar-refractivity contribution < 1.29 is 9.18 Å². The minimum absolute atomic E-state index is 0.143. The highest BCUT2D eigenvalue weighted by Gasteiger charge is 2.46. The molecule has 1 unspecified atom stereocenters. The molecule has 1 atom stereocenters. The average molecular weight is 396 g/mol. The Labute approximate surface area is 172 Å². The molecule has 0 bridgehead atoms. The third-order valence-corrected chi connectivity index (χ3v) is 6.37. The van der Waals surface area contributed by atoms with Crippen molar-refractivity contribution in [3.63, 3.8) is 0 Å². The monoisotopic (exact) mass is 395 g/mol. The highest BCUT2D eigenvalue weighted by Crippen LogP contribution is 2.48. The van der Waals surface area contributed by atoms with Crippen LogP contribution in [0.4, 0.5) is 9.18 Å². The summed E-state index contributed by atoms with van der Waals surface area (Å²) in [7, 11) is 0. The van der Waals surface area contributed by atoms with E-state index < -0.39 is 0 Å². The first-order valence-corrected chi connectivity index (χ1v) is 10.7. The van der Waals surface area contributed by atoms with Gasteiger partial charge in [0.1, 0.15) is 5.82 Å². The Morgan fingerprint density at radius 1 is 1.07 bits per heavy atom. The van der Waals surface area contributed by atoms with Crippen molar-refractivity contribution in [3.05, 3.63) is 71.5 Å². The second kappa shape index (κ2) is 8.95. The maximum Gasteiger partial charge on any atom is 0.314 e. The van der Waals surface area contributed by atoms with Crippen molar-refractivity contribution in [3.8, 4) is 0 Å². The third-order valence-electron chi connectivity index (χ3n) is 6.37. The number of carbonyl (C=O) groups excluding carboxylic acids is 1. The van der Waals surface area contributed by atoms with Gasteiger partial charge in [-0.25, -0.2) is 9.18 Å². The van der Waals surface area contributed by atoms with Gasteiger partial charge in [0, 0.05) is 31.6 Å². The molecule has 4 nitrogen and oxygen atoms in total. The maximum atomic E-state index is 14.1. The summed E-state index contributed by atoms with van der Waals surface area (Å²) in [4.78, 5) is 14.7. The van der Waals surface area contributed by atoms with Crippen LogP contribution in [0.2, 0.25) is 0 Å². The van der Waals surface area contributed by atoms with Gasteiger partial charge in [-0.3, -0.25) is 0 Å². The van der Waals surface area contributed by atoms with E-state index in [9.17, 15) is 9.18 Å². The lowest BCUT2D eigenvalue weighted by Gasteiger charge is -2.19. The minimum atomic E-state index is -0.218. The Hall–Kier alpha value is -2.40. The Morgan fingerprint density at radius 3 is 2.59 bits per heavy atom. The summed E-state index contributed by atoms with van der Waals surface area (Å²) >= 11 is 0. The van der Waals surface area contributed by atoms with Gasteiger partial charge in [0.15, 0.2) is 0 Å². The quantitative estimate of drug-likeness (QED) is 0.716. The molecule has 4 rings (SSSR count). The number of urea groups is 1. The molecule has 5 heteroatoms. The second-order valence-corrected chi connectivity index (χ2v) is 8.51. The van der Waals surface area contributed by atoms with Gasteiger partial charge in [0.05, 0.1) is 0 Å². The van der Waals surface area contributed by atoms with Crippen LogP contribution < -0.4 is 10.6 Å². The van der Waals surface area contributed by atoms with E-state index in [1.54, 1.807) is 6.07 Å². The van der Waals surface area contributed by atoms with Crippen LogP contribution in [0.15, 0.2) is 54.6 Å². The lowest BCUT2D eigenvalue weighted by Crippen LogP contribution is -2.42. The van der Waals surface area contributed by atoms with E-state index in [4.69, 9.17) is 0 Å². The first-order chi connectivity index (χ1) is 14.1. The van der Waals surface area contributed by atoms with Crippen LogP contribution in [0, 0.1) is 11.7 Å². The van der Waals surface area contributed by atoms with Gasteiger partial charge < -0.3 is 15.5 Å². The van der Waals surface area contributed by atoms with Crippen molar-refractivity contribution in [2.45, 2.75) is 31.1 Å². The largest absolute Gasteiger partial charge is 0.338 e. The molecule has 2 amide bonds. The van der Waals surface area contributed by atoms with Crippen molar-refractivity contribution in [2.24, 2.45) is 5.92 Å². The van der Waals surface area contributed by atoms with E-state index in [0.29, 0.717) is 19.0 Å². The Kier molecular flexibility index (Phi) is 6.14. The summed E-state index contributed by atoms with van der Waals surface area (Å²) < 4.78 is 14.1. The summed E-state index contributed by atoms with van der Waals surface area (Å²) in [5.41, 5.74) is 1.88. The molecule has 1 saturated heterocycles. The summed E-state index contributed by atoms with van der Waals surface area (Å²) in [5, 5.41) is 5.98. The average Bonchev–Trinajstić information content (AvgIpc) is 3.40. The number of benzene rings is 2. The van der Waals surface area contributed by atoms with Gasteiger partial charge in [-0.05, 0) is 55.3 Å². The predicted molar refractivity (Wildman–Crippen MR) is 113 cm³/mol. The number of amides is 2. The van der Waals surface area contributed by atoms with E-state index in [1.807, 2.05) is 18.2 Å². The molecule has 1 saturated carbocycles. The molecule has 1 aliphatic heterocycles. The van der Waals surface area contributed by atoms with Gasteiger partial charge >= 0.3 is 6.03 Å². The number of rotatable bonds is 8. The molecule has 1 heterocycles. The third kappa shape index (κ3) is 5.15. The van der Waals surface area contributed by atoms with Crippen LogP contribution in [0.3, 0.4) is 0 Å². The summed E-state index contributed by atoms with van der Waals surface area (Å²) in [6, 6.07) is 17.3. The minimum Gasteiger partial charge on any atom is -0.338 e. The normalized spacial score (nSPS) is 20.4. The number of likely N-dealkylation sites (tertiary alicyclic amines) is 1. The lowest BCUT2D eigenvalue weighted by atomic mass is 9.95. The zero-order chi connectivity index (χ0) is 20.1. The topological polar surface area (TPSA) is 44.4 Å². The summed E-state index contributed by atoms with van der Waals surface area (Å²) in [6.07, 6.45) is 4.04. The van der Waals surface area contributed by atoms with Crippen molar-refractivity contribution >= 4 is 6.03 Å². The van der Waals surface area contributed by atoms with E-state index in [-0.39, 0.29) is 17.3 Å². The van der Waals surface area contributed by atoms with Gasteiger partial charge in [0.25, 0.3) is 0 Å². The lowest BCUT2D eigenvalue weighted by molar-refractivity contribution is 0.237. The number of halogens is 1. The summed E-state index contributed by atoms with van der Waals surface area (Å²) in [6.45, 7) is 4.38. The van der Waals surface area contributed by atoms with E-state index >= 15 is 0 Å².